The lowest BCUT2D eigenvalue weighted by atomic mass is 10.1. The third kappa shape index (κ3) is 4.20. The Labute approximate surface area is 166 Å². The number of carbonyl (C=O) groups is 1. The van der Waals surface area contributed by atoms with Crippen LogP contribution in [0.2, 0.25) is 0 Å². The average Bonchev–Trinajstić information content (AvgIpc) is 3.41. The standard InChI is InChI=1S/C21H19N3O3S/c1-26-18-5-4-15-10-14(2-3-16(15)11-18)12-22-19(25)6-7-20-23-24-21(27-20)17-8-9-28-13-17/h2-5,8-11,13H,6-7,12H2,1H3,(H,22,25). The monoisotopic (exact) mass is 393 g/mol. The molecule has 0 aliphatic rings. The summed E-state index contributed by atoms with van der Waals surface area (Å²) in [5.41, 5.74) is 1.95. The number of methoxy groups -OCH3 is 1. The van der Waals surface area contributed by atoms with E-state index in [-0.39, 0.29) is 5.91 Å². The van der Waals surface area contributed by atoms with Crippen LogP contribution in [0, 0.1) is 0 Å². The van der Waals surface area contributed by atoms with Gasteiger partial charge in [0.1, 0.15) is 5.75 Å². The Morgan fingerprint density at radius 2 is 2.00 bits per heavy atom. The van der Waals surface area contributed by atoms with E-state index in [1.54, 1.807) is 18.4 Å². The molecular weight excluding hydrogens is 374 g/mol. The number of rotatable bonds is 7. The van der Waals surface area contributed by atoms with Gasteiger partial charge in [0, 0.05) is 30.3 Å². The van der Waals surface area contributed by atoms with Crippen LogP contribution in [0.3, 0.4) is 0 Å². The molecule has 0 radical (unpaired) electrons. The molecule has 142 valence electrons. The molecule has 0 saturated carbocycles. The Hall–Kier alpha value is -3.19. The first-order valence-electron chi connectivity index (χ1n) is 8.89. The summed E-state index contributed by atoms with van der Waals surface area (Å²) >= 11 is 1.57. The van der Waals surface area contributed by atoms with Gasteiger partial charge in [-0.2, -0.15) is 11.3 Å². The van der Waals surface area contributed by atoms with Gasteiger partial charge in [-0.15, -0.1) is 10.2 Å². The second-order valence-electron chi connectivity index (χ2n) is 6.34. The minimum absolute atomic E-state index is 0.0508. The molecule has 0 spiro atoms. The van der Waals surface area contributed by atoms with Crippen LogP contribution in [0.15, 0.2) is 57.6 Å². The summed E-state index contributed by atoms with van der Waals surface area (Å²) in [6, 6.07) is 14.0. The first kappa shape index (κ1) is 18.2. The van der Waals surface area contributed by atoms with Crippen LogP contribution < -0.4 is 10.1 Å². The van der Waals surface area contributed by atoms with Gasteiger partial charge in [0.05, 0.1) is 7.11 Å². The predicted molar refractivity (Wildman–Crippen MR) is 108 cm³/mol. The average molecular weight is 393 g/mol. The molecule has 1 amide bonds. The Morgan fingerprint density at radius 3 is 2.82 bits per heavy atom. The molecule has 7 heteroatoms. The molecule has 28 heavy (non-hydrogen) atoms. The SMILES string of the molecule is COc1ccc2cc(CNC(=O)CCc3nnc(-c4ccsc4)o3)ccc2c1. The van der Waals surface area contributed by atoms with Crippen LogP contribution in [-0.4, -0.2) is 23.2 Å². The summed E-state index contributed by atoms with van der Waals surface area (Å²) in [5.74, 6) is 1.74. The van der Waals surface area contributed by atoms with Gasteiger partial charge < -0.3 is 14.5 Å². The van der Waals surface area contributed by atoms with Gasteiger partial charge in [-0.1, -0.05) is 18.2 Å². The number of thiophene rings is 1. The first-order valence-corrected chi connectivity index (χ1v) is 9.84. The maximum atomic E-state index is 12.2. The van der Waals surface area contributed by atoms with Crippen LogP contribution in [0.4, 0.5) is 0 Å². The third-order valence-electron chi connectivity index (χ3n) is 4.40. The lowest BCUT2D eigenvalue weighted by Crippen LogP contribution is -2.23. The number of ether oxygens (including phenoxy) is 1. The number of aromatic nitrogens is 2. The van der Waals surface area contributed by atoms with Gasteiger partial charge in [-0.3, -0.25) is 4.79 Å². The molecule has 0 aliphatic heterocycles. The number of fused-ring (bicyclic) bond motifs is 1. The van der Waals surface area contributed by atoms with Crippen molar-refractivity contribution in [2.75, 3.05) is 7.11 Å². The lowest BCUT2D eigenvalue weighted by molar-refractivity contribution is -0.121. The highest BCUT2D eigenvalue weighted by Crippen LogP contribution is 2.22. The van der Waals surface area contributed by atoms with Crippen molar-refractivity contribution in [3.05, 3.63) is 64.7 Å². The molecule has 6 nitrogen and oxygen atoms in total. The molecule has 1 N–H and O–H groups in total. The summed E-state index contributed by atoms with van der Waals surface area (Å²) in [5, 5.41) is 17.1. The van der Waals surface area contributed by atoms with Crippen molar-refractivity contribution < 1.29 is 13.9 Å². The van der Waals surface area contributed by atoms with E-state index in [9.17, 15) is 4.79 Å². The van der Waals surface area contributed by atoms with E-state index in [1.165, 1.54) is 0 Å². The second-order valence-corrected chi connectivity index (χ2v) is 7.12. The van der Waals surface area contributed by atoms with E-state index in [0.29, 0.717) is 31.2 Å². The van der Waals surface area contributed by atoms with Gasteiger partial charge >= 0.3 is 0 Å². The van der Waals surface area contributed by atoms with Gasteiger partial charge in [0.15, 0.2) is 0 Å². The first-order chi connectivity index (χ1) is 13.7. The Morgan fingerprint density at radius 1 is 1.14 bits per heavy atom. The largest absolute Gasteiger partial charge is 0.497 e. The second kappa shape index (κ2) is 8.22. The quantitative estimate of drug-likeness (QED) is 0.509. The molecule has 2 aromatic carbocycles. The summed E-state index contributed by atoms with van der Waals surface area (Å²) < 4.78 is 10.8. The lowest BCUT2D eigenvalue weighted by Gasteiger charge is -2.07. The van der Waals surface area contributed by atoms with Crippen LogP contribution in [-0.2, 0) is 17.8 Å². The predicted octanol–water partition coefficient (Wildman–Crippen LogP) is 4.21. The van der Waals surface area contributed by atoms with Gasteiger partial charge in [-0.25, -0.2) is 0 Å². The maximum Gasteiger partial charge on any atom is 0.248 e. The van der Waals surface area contributed by atoms with Crippen LogP contribution in [0.25, 0.3) is 22.2 Å². The van der Waals surface area contributed by atoms with Crippen molar-refractivity contribution in [2.24, 2.45) is 0 Å². The molecule has 0 unspecified atom stereocenters. The Kier molecular flexibility index (Phi) is 5.34. The van der Waals surface area contributed by atoms with Crippen molar-refractivity contribution in [1.82, 2.24) is 15.5 Å². The molecule has 0 bridgehead atoms. The number of hydrogen-bond donors (Lipinski definition) is 1. The van der Waals surface area contributed by atoms with Gasteiger partial charge in [0.2, 0.25) is 17.7 Å². The van der Waals surface area contributed by atoms with E-state index in [0.717, 1.165) is 27.6 Å². The zero-order valence-corrected chi connectivity index (χ0v) is 16.2. The smallest absolute Gasteiger partial charge is 0.248 e. The Balaban J connectivity index is 1.30. The fourth-order valence-electron chi connectivity index (χ4n) is 2.88. The van der Waals surface area contributed by atoms with E-state index >= 15 is 0 Å². The molecule has 2 aromatic heterocycles. The summed E-state index contributed by atoms with van der Waals surface area (Å²) in [7, 11) is 1.66. The highest BCUT2D eigenvalue weighted by Gasteiger charge is 2.11. The zero-order chi connectivity index (χ0) is 19.3. The van der Waals surface area contributed by atoms with E-state index in [4.69, 9.17) is 9.15 Å². The minimum Gasteiger partial charge on any atom is -0.497 e. The molecule has 0 atom stereocenters. The molecule has 0 saturated heterocycles. The number of benzene rings is 2. The number of aryl methyl sites for hydroxylation is 1. The fourth-order valence-corrected chi connectivity index (χ4v) is 3.51. The van der Waals surface area contributed by atoms with Crippen LogP contribution in [0.5, 0.6) is 5.75 Å². The zero-order valence-electron chi connectivity index (χ0n) is 15.3. The molecule has 4 rings (SSSR count). The normalized spacial score (nSPS) is 10.9. The molecule has 0 aliphatic carbocycles. The van der Waals surface area contributed by atoms with E-state index in [1.807, 2.05) is 47.2 Å². The summed E-state index contributed by atoms with van der Waals surface area (Å²) in [6.07, 6.45) is 0.719. The van der Waals surface area contributed by atoms with Crippen LogP contribution in [0.1, 0.15) is 17.9 Å². The van der Waals surface area contributed by atoms with E-state index < -0.39 is 0 Å². The van der Waals surface area contributed by atoms with Gasteiger partial charge in [-0.05, 0) is 46.0 Å². The van der Waals surface area contributed by atoms with Crippen molar-refractivity contribution in [2.45, 2.75) is 19.4 Å². The summed E-state index contributed by atoms with van der Waals surface area (Å²) in [4.78, 5) is 12.2. The van der Waals surface area contributed by atoms with Crippen LogP contribution >= 0.6 is 11.3 Å². The van der Waals surface area contributed by atoms with E-state index in [2.05, 4.69) is 21.6 Å². The number of amides is 1. The van der Waals surface area contributed by atoms with Crippen molar-refractivity contribution in [1.29, 1.82) is 0 Å². The maximum absolute atomic E-state index is 12.2. The number of hydrogen-bond acceptors (Lipinski definition) is 6. The highest BCUT2D eigenvalue weighted by atomic mass is 32.1. The van der Waals surface area contributed by atoms with Gasteiger partial charge in [0.25, 0.3) is 0 Å². The highest BCUT2D eigenvalue weighted by molar-refractivity contribution is 7.08. The third-order valence-corrected chi connectivity index (χ3v) is 5.09. The molecular formula is C21H19N3O3S. The topological polar surface area (TPSA) is 77.2 Å². The van der Waals surface area contributed by atoms with Crippen molar-refractivity contribution >= 4 is 28.0 Å². The molecule has 2 heterocycles. The minimum atomic E-state index is -0.0508. The summed E-state index contributed by atoms with van der Waals surface area (Å²) in [6.45, 7) is 0.477. The van der Waals surface area contributed by atoms with Crippen molar-refractivity contribution in [3.8, 4) is 17.2 Å². The Bertz CT molecular complexity index is 1090. The van der Waals surface area contributed by atoms with Crippen molar-refractivity contribution in [3.63, 3.8) is 0 Å². The number of carbonyl (C=O) groups excluding carboxylic acids is 1. The number of nitrogens with zero attached hydrogens (tertiary/aromatic N) is 2. The molecule has 0 fully saturated rings. The molecule has 4 aromatic rings. The number of nitrogens with one attached hydrogen (secondary N) is 1. The fraction of sp³-hybridized carbons (Fsp3) is 0.190.